The molecule has 4 heteroatoms. The molecule has 150 valence electrons. The van der Waals surface area contributed by atoms with Gasteiger partial charge in [-0.15, -0.1) is 0 Å². The third-order valence-electron chi connectivity index (χ3n) is 5.29. The lowest BCUT2D eigenvalue weighted by molar-refractivity contribution is -0.133. The number of nitrogens with one attached hydrogen (secondary N) is 1. The van der Waals surface area contributed by atoms with Crippen LogP contribution in [0.25, 0.3) is 0 Å². The second-order valence-corrected chi connectivity index (χ2v) is 9.16. The van der Waals surface area contributed by atoms with Crippen LogP contribution in [0.4, 0.5) is 0 Å². The molecule has 2 aliphatic rings. The summed E-state index contributed by atoms with van der Waals surface area (Å²) in [4.78, 5) is 25.8. The molecule has 1 atom stereocenters. The first kappa shape index (κ1) is 21.5. The fraction of sp³-hybridized carbons (Fsp3) is 0.652. The zero-order valence-corrected chi connectivity index (χ0v) is 17.6. The highest BCUT2D eigenvalue weighted by Gasteiger charge is 2.38. The lowest BCUT2D eigenvalue weighted by Gasteiger charge is -2.29. The maximum Gasteiger partial charge on any atom is 0.233 e. The Morgan fingerprint density at radius 1 is 1.19 bits per heavy atom. The lowest BCUT2D eigenvalue weighted by Crippen LogP contribution is -2.36. The predicted molar refractivity (Wildman–Crippen MR) is 109 cm³/mol. The monoisotopic (exact) mass is 373 g/mol. The number of Topliss-reactive ketones (excluding diaryl/α,β-unsaturated/α-hetero) is 2. The third kappa shape index (κ3) is 5.33. The van der Waals surface area contributed by atoms with Gasteiger partial charge in [0, 0.05) is 18.0 Å². The smallest absolute Gasteiger partial charge is 0.233 e. The zero-order chi connectivity index (χ0) is 20.2. The summed E-state index contributed by atoms with van der Waals surface area (Å²) in [6.07, 6.45) is 8.25. The molecule has 2 rings (SSSR count). The van der Waals surface area contributed by atoms with Gasteiger partial charge < -0.3 is 10.4 Å². The highest BCUT2D eigenvalue weighted by molar-refractivity contribution is 6.50. The Bertz CT molecular complexity index is 689. The first-order valence-corrected chi connectivity index (χ1v) is 10.3. The van der Waals surface area contributed by atoms with Crippen LogP contribution in [0.15, 0.2) is 34.3 Å². The predicted octanol–water partition coefficient (Wildman–Crippen LogP) is 5.17. The number of carbonyl (C=O) groups excluding carboxylic acids is 2. The van der Waals surface area contributed by atoms with Crippen molar-refractivity contribution in [1.82, 2.24) is 5.32 Å². The number of aliphatic hydroxyl groups excluding tert-OH is 1. The summed E-state index contributed by atoms with van der Waals surface area (Å²) >= 11 is 0. The average Bonchev–Trinajstić information content (AvgIpc) is 2.58. The summed E-state index contributed by atoms with van der Waals surface area (Å²) in [6, 6.07) is 0. The summed E-state index contributed by atoms with van der Waals surface area (Å²) in [5.74, 6) is -1.13. The minimum Gasteiger partial charge on any atom is -0.505 e. The molecule has 1 unspecified atom stereocenters. The van der Waals surface area contributed by atoms with Gasteiger partial charge in [0.1, 0.15) is 5.76 Å². The molecule has 4 nitrogen and oxygen atoms in total. The lowest BCUT2D eigenvalue weighted by atomic mass is 9.78. The largest absolute Gasteiger partial charge is 0.505 e. The molecule has 27 heavy (non-hydrogen) atoms. The van der Waals surface area contributed by atoms with Crippen molar-refractivity contribution in [3.05, 3.63) is 34.3 Å². The van der Waals surface area contributed by atoms with E-state index in [-0.39, 0.29) is 22.7 Å². The van der Waals surface area contributed by atoms with Crippen LogP contribution in [0.3, 0.4) is 0 Å². The van der Waals surface area contributed by atoms with Crippen molar-refractivity contribution >= 4 is 11.6 Å². The van der Waals surface area contributed by atoms with Crippen molar-refractivity contribution in [2.45, 2.75) is 79.6 Å². The Morgan fingerprint density at radius 3 is 2.48 bits per heavy atom. The Hall–Kier alpha value is -1.84. The van der Waals surface area contributed by atoms with Crippen molar-refractivity contribution in [3.8, 4) is 0 Å². The average molecular weight is 374 g/mol. The van der Waals surface area contributed by atoms with Crippen molar-refractivity contribution in [2.24, 2.45) is 11.3 Å². The quantitative estimate of drug-likeness (QED) is 0.280. The summed E-state index contributed by atoms with van der Waals surface area (Å²) in [6.45, 7) is 11.1. The number of rotatable bonds is 7. The van der Waals surface area contributed by atoms with Gasteiger partial charge in [0.15, 0.2) is 0 Å². The maximum absolute atomic E-state index is 12.9. The maximum atomic E-state index is 12.9. The summed E-state index contributed by atoms with van der Waals surface area (Å²) in [5, 5.41) is 14.3. The number of allylic oxidation sites excluding steroid dienone is 4. The Morgan fingerprint density at radius 2 is 1.89 bits per heavy atom. The molecular weight excluding hydrogens is 338 g/mol. The fourth-order valence-electron chi connectivity index (χ4n) is 3.77. The van der Waals surface area contributed by atoms with Crippen LogP contribution in [0.1, 0.15) is 79.6 Å². The van der Waals surface area contributed by atoms with Gasteiger partial charge in [-0.1, -0.05) is 52.2 Å². The van der Waals surface area contributed by atoms with Crippen molar-refractivity contribution < 1.29 is 14.7 Å². The standard InChI is InChI=1S/C23H35NO3/c1-6-7-8-12-17-19(24-14-23(3,4)5)21(26)18(22(27)20(17)25)16-11-9-10-15(2)13-16/h13,16,24,26H,6-12,14H2,1-5H3. The Labute approximate surface area is 163 Å². The highest BCUT2D eigenvalue weighted by atomic mass is 16.3. The SMILES string of the molecule is CCCCCC1=C(NCC(C)(C)C)C(O)=C(C2C=C(C)CCC2)C(=O)C1=O. The van der Waals surface area contributed by atoms with Gasteiger partial charge in [0.25, 0.3) is 0 Å². The van der Waals surface area contributed by atoms with Gasteiger partial charge >= 0.3 is 0 Å². The van der Waals surface area contributed by atoms with E-state index in [1.807, 2.05) is 13.0 Å². The van der Waals surface area contributed by atoms with E-state index in [1.165, 1.54) is 5.57 Å². The van der Waals surface area contributed by atoms with Crippen LogP contribution in [0.2, 0.25) is 0 Å². The van der Waals surface area contributed by atoms with Gasteiger partial charge in [-0.05, 0) is 44.4 Å². The molecule has 0 amide bonds. The highest BCUT2D eigenvalue weighted by Crippen LogP contribution is 2.36. The van der Waals surface area contributed by atoms with Crippen LogP contribution in [-0.2, 0) is 9.59 Å². The van der Waals surface area contributed by atoms with Crippen LogP contribution in [0.5, 0.6) is 0 Å². The first-order valence-electron chi connectivity index (χ1n) is 10.3. The molecule has 0 aromatic rings. The number of hydrogen-bond acceptors (Lipinski definition) is 4. The van der Waals surface area contributed by atoms with E-state index in [9.17, 15) is 14.7 Å². The molecule has 2 N–H and O–H groups in total. The molecule has 0 aromatic carbocycles. The van der Waals surface area contributed by atoms with Gasteiger partial charge in [-0.2, -0.15) is 0 Å². The molecule has 0 saturated heterocycles. The first-order chi connectivity index (χ1) is 12.7. The molecular formula is C23H35NO3. The molecule has 0 aromatic heterocycles. The number of ketones is 2. The molecule has 0 heterocycles. The molecule has 0 spiro atoms. The van der Waals surface area contributed by atoms with E-state index in [2.05, 4.69) is 33.0 Å². The normalized spacial score (nSPS) is 21.7. The van der Waals surface area contributed by atoms with Gasteiger partial charge in [0.05, 0.1) is 11.3 Å². The number of hydrogen-bond donors (Lipinski definition) is 2. The third-order valence-corrected chi connectivity index (χ3v) is 5.29. The van der Waals surface area contributed by atoms with Crippen molar-refractivity contribution in [3.63, 3.8) is 0 Å². The Balaban J connectivity index is 2.46. The van der Waals surface area contributed by atoms with Gasteiger partial charge in [0.2, 0.25) is 11.6 Å². The molecule has 0 fully saturated rings. The van der Waals surface area contributed by atoms with E-state index < -0.39 is 11.6 Å². The second-order valence-electron chi connectivity index (χ2n) is 9.16. The van der Waals surface area contributed by atoms with Gasteiger partial charge in [-0.3, -0.25) is 9.59 Å². The zero-order valence-electron chi connectivity index (χ0n) is 17.6. The van der Waals surface area contributed by atoms with Crippen molar-refractivity contribution in [2.75, 3.05) is 6.54 Å². The van der Waals surface area contributed by atoms with Crippen LogP contribution in [-0.4, -0.2) is 23.2 Å². The van der Waals surface area contributed by atoms with Crippen LogP contribution in [0, 0.1) is 11.3 Å². The topological polar surface area (TPSA) is 66.4 Å². The number of unbranched alkanes of at least 4 members (excludes halogenated alkanes) is 2. The van der Waals surface area contributed by atoms with E-state index in [0.717, 1.165) is 38.5 Å². The molecule has 0 bridgehead atoms. The van der Waals surface area contributed by atoms with Crippen molar-refractivity contribution in [1.29, 1.82) is 0 Å². The minimum absolute atomic E-state index is 0.00615. The molecule has 0 saturated carbocycles. The van der Waals surface area contributed by atoms with E-state index in [1.54, 1.807) is 0 Å². The molecule has 0 radical (unpaired) electrons. The molecule has 2 aliphatic carbocycles. The molecule has 0 aliphatic heterocycles. The summed E-state index contributed by atoms with van der Waals surface area (Å²) < 4.78 is 0. The van der Waals surface area contributed by atoms with E-state index in [4.69, 9.17) is 0 Å². The fourth-order valence-corrected chi connectivity index (χ4v) is 3.77. The summed E-state index contributed by atoms with van der Waals surface area (Å²) in [5.41, 5.74) is 2.43. The van der Waals surface area contributed by atoms with Crippen LogP contribution >= 0.6 is 0 Å². The minimum atomic E-state index is -0.517. The van der Waals surface area contributed by atoms with Crippen LogP contribution < -0.4 is 5.32 Å². The second kappa shape index (κ2) is 8.90. The summed E-state index contributed by atoms with van der Waals surface area (Å²) in [7, 11) is 0. The van der Waals surface area contributed by atoms with Gasteiger partial charge in [-0.25, -0.2) is 0 Å². The van der Waals surface area contributed by atoms with E-state index >= 15 is 0 Å². The number of carbonyl (C=O) groups is 2. The van der Waals surface area contributed by atoms with E-state index in [0.29, 0.717) is 24.2 Å². The number of aliphatic hydroxyl groups is 1. The Kier molecular flexibility index (Phi) is 7.07.